The third-order valence-corrected chi connectivity index (χ3v) is 5.92. The van der Waals surface area contributed by atoms with Crippen LogP contribution in [0, 0.1) is 4.91 Å². The maximum absolute atomic E-state index is 10.9. The summed E-state index contributed by atoms with van der Waals surface area (Å²) in [7, 11) is 0. The highest BCUT2D eigenvalue weighted by molar-refractivity contribution is 6.33. The Bertz CT molecular complexity index is 1160. The van der Waals surface area contributed by atoms with Crippen molar-refractivity contribution in [1.29, 1.82) is 0 Å². The summed E-state index contributed by atoms with van der Waals surface area (Å²) in [5.41, 5.74) is 1.88. The van der Waals surface area contributed by atoms with Gasteiger partial charge in [-0.1, -0.05) is 16.8 Å². The van der Waals surface area contributed by atoms with Crippen LogP contribution in [0.5, 0.6) is 11.8 Å². The zero-order valence-corrected chi connectivity index (χ0v) is 16.8. The molecule has 12 heteroatoms. The molecule has 0 radical (unpaired) electrons. The van der Waals surface area contributed by atoms with Gasteiger partial charge in [0.2, 0.25) is 0 Å². The van der Waals surface area contributed by atoms with Crippen molar-refractivity contribution in [3.8, 4) is 11.8 Å². The van der Waals surface area contributed by atoms with Crippen LogP contribution in [-0.4, -0.2) is 64.1 Å². The normalized spacial score (nSPS) is 28.9. The first kappa shape index (κ1) is 18.7. The molecule has 6 rings (SSSR count). The number of imidazole rings is 1. The number of aromatic nitrogens is 4. The van der Waals surface area contributed by atoms with Gasteiger partial charge in [0.1, 0.15) is 48.2 Å². The van der Waals surface area contributed by atoms with Crippen molar-refractivity contribution in [2.45, 2.75) is 30.4 Å². The maximum atomic E-state index is 10.9. The van der Waals surface area contributed by atoms with E-state index >= 15 is 0 Å². The fourth-order valence-corrected chi connectivity index (χ4v) is 4.35. The molecule has 31 heavy (non-hydrogen) atoms. The molecular weight excluding hydrogens is 428 g/mol. The molecule has 0 aliphatic carbocycles. The van der Waals surface area contributed by atoms with Crippen molar-refractivity contribution in [2.75, 3.05) is 25.1 Å². The molecule has 0 spiro atoms. The Kier molecular flexibility index (Phi) is 4.40. The van der Waals surface area contributed by atoms with E-state index in [1.165, 1.54) is 0 Å². The summed E-state index contributed by atoms with van der Waals surface area (Å²) in [6, 6.07) is 5.02. The lowest BCUT2D eigenvalue weighted by atomic mass is 10.1. The van der Waals surface area contributed by atoms with Crippen LogP contribution in [0.15, 0.2) is 29.6 Å². The van der Waals surface area contributed by atoms with Crippen molar-refractivity contribution >= 4 is 28.6 Å². The van der Waals surface area contributed by atoms with Crippen LogP contribution >= 0.6 is 11.6 Å². The SMILES string of the molecule is O=N[C@@H]1CO[C@H]2[C@@H]1OC[C@H]2Oc1nc2nc(N[C@H]3COc4cccnc43)c(Cl)cc2[nH]1. The lowest BCUT2D eigenvalue weighted by Crippen LogP contribution is -2.34. The van der Waals surface area contributed by atoms with Gasteiger partial charge in [-0.25, -0.2) is 4.98 Å². The van der Waals surface area contributed by atoms with E-state index in [1.54, 1.807) is 12.3 Å². The summed E-state index contributed by atoms with van der Waals surface area (Å²) in [5.74, 6) is 1.22. The second kappa shape index (κ2) is 7.29. The first-order chi connectivity index (χ1) is 15.2. The summed E-state index contributed by atoms with van der Waals surface area (Å²) in [6.45, 7) is 0.944. The minimum absolute atomic E-state index is 0.167. The van der Waals surface area contributed by atoms with Crippen LogP contribution in [0.1, 0.15) is 11.7 Å². The molecule has 3 aliphatic rings. The van der Waals surface area contributed by atoms with E-state index < -0.39 is 12.1 Å². The molecule has 160 valence electrons. The Balaban J connectivity index is 1.22. The molecule has 0 aromatic carbocycles. The highest BCUT2D eigenvalue weighted by atomic mass is 35.5. The van der Waals surface area contributed by atoms with Gasteiger partial charge in [0.05, 0.1) is 23.8 Å². The van der Waals surface area contributed by atoms with E-state index in [-0.39, 0.29) is 37.5 Å². The number of anilines is 1. The molecule has 0 amide bonds. The van der Waals surface area contributed by atoms with Gasteiger partial charge in [-0.15, -0.1) is 0 Å². The monoisotopic (exact) mass is 444 g/mol. The molecule has 6 heterocycles. The Hall–Kier alpha value is -3.02. The Morgan fingerprint density at radius 1 is 1.23 bits per heavy atom. The Morgan fingerprint density at radius 3 is 3.03 bits per heavy atom. The second-order valence-electron chi connectivity index (χ2n) is 7.55. The van der Waals surface area contributed by atoms with Crippen LogP contribution in [0.2, 0.25) is 5.02 Å². The number of hydrogen-bond donors (Lipinski definition) is 2. The summed E-state index contributed by atoms with van der Waals surface area (Å²) in [6.07, 6.45) is 0.569. The van der Waals surface area contributed by atoms with Gasteiger partial charge in [-0.3, -0.25) is 4.98 Å². The quantitative estimate of drug-likeness (QED) is 0.568. The first-order valence-electron chi connectivity index (χ1n) is 9.82. The highest BCUT2D eigenvalue weighted by Gasteiger charge is 2.50. The zero-order valence-electron chi connectivity index (χ0n) is 16.0. The first-order valence-corrected chi connectivity index (χ1v) is 10.2. The molecule has 3 aromatic heterocycles. The van der Waals surface area contributed by atoms with Gasteiger partial charge in [0.15, 0.2) is 11.8 Å². The van der Waals surface area contributed by atoms with Crippen LogP contribution in [-0.2, 0) is 9.47 Å². The lowest BCUT2D eigenvalue weighted by Gasteiger charge is -2.15. The fourth-order valence-electron chi connectivity index (χ4n) is 4.15. The number of ether oxygens (including phenoxy) is 4. The average Bonchev–Trinajstić information content (AvgIpc) is 3.53. The van der Waals surface area contributed by atoms with E-state index in [1.807, 2.05) is 12.1 Å². The van der Waals surface area contributed by atoms with Crippen molar-refractivity contribution < 1.29 is 18.9 Å². The molecule has 11 nitrogen and oxygen atoms in total. The van der Waals surface area contributed by atoms with Crippen molar-refractivity contribution in [2.24, 2.45) is 5.18 Å². The Morgan fingerprint density at radius 2 is 2.13 bits per heavy atom. The fraction of sp³-hybridized carbons (Fsp3) is 0.421. The smallest absolute Gasteiger partial charge is 0.296 e. The van der Waals surface area contributed by atoms with E-state index in [4.69, 9.17) is 30.5 Å². The third kappa shape index (κ3) is 3.16. The summed E-state index contributed by atoms with van der Waals surface area (Å²) < 4.78 is 22.8. The standard InChI is InChI=1S/C19H17ClN6O5/c20-8-4-9-18(24-17(8)22-10-5-28-12-2-1-3-21-14(10)12)25-19(23-9)31-13-7-30-15-11(26-27)6-29-16(13)15/h1-4,10-11,13,15-16H,5-7H2,(H2,22,23,24,25)/t10-,11+,13+,15+,16+/m0/s1. The molecule has 0 bridgehead atoms. The number of aromatic amines is 1. The third-order valence-electron chi connectivity index (χ3n) is 5.63. The molecule has 0 saturated carbocycles. The molecular formula is C19H17ClN6O5. The topological polar surface area (TPSA) is 133 Å². The Labute approximate surface area is 180 Å². The van der Waals surface area contributed by atoms with Crippen LogP contribution in [0.4, 0.5) is 5.82 Å². The van der Waals surface area contributed by atoms with Crippen molar-refractivity contribution in [1.82, 2.24) is 19.9 Å². The van der Waals surface area contributed by atoms with Crippen LogP contribution in [0.3, 0.4) is 0 Å². The predicted octanol–water partition coefficient (Wildman–Crippen LogP) is 2.23. The van der Waals surface area contributed by atoms with Gasteiger partial charge in [0, 0.05) is 6.20 Å². The molecule has 0 unspecified atom stereocenters. The van der Waals surface area contributed by atoms with E-state index in [0.29, 0.717) is 28.6 Å². The van der Waals surface area contributed by atoms with Gasteiger partial charge in [-0.05, 0) is 18.2 Å². The summed E-state index contributed by atoms with van der Waals surface area (Å²) >= 11 is 6.44. The van der Waals surface area contributed by atoms with E-state index in [9.17, 15) is 4.91 Å². The number of pyridine rings is 2. The van der Waals surface area contributed by atoms with Crippen molar-refractivity contribution in [3.05, 3.63) is 40.0 Å². The van der Waals surface area contributed by atoms with E-state index in [0.717, 1.165) is 11.4 Å². The molecule has 2 N–H and O–H groups in total. The minimum Gasteiger partial charge on any atom is -0.489 e. The average molecular weight is 445 g/mol. The molecule has 2 fully saturated rings. The van der Waals surface area contributed by atoms with Gasteiger partial charge in [0.25, 0.3) is 6.01 Å². The number of nitrogens with one attached hydrogen (secondary N) is 2. The van der Waals surface area contributed by atoms with Crippen LogP contribution < -0.4 is 14.8 Å². The van der Waals surface area contributed by atoms with Crippen molar-refractivity contribution in [3.63, 3.8) is 0 Å². The summed E-state index contributed by atoms with van der Waals surface area (Å²) in [4.78, 5) is 27.3. The number of halogens is 1. The molecule has 2 saturated heterocycles. The number of fused-ring (bicyclic) bond motifs is 3. The maximum Gasteiger partial charge on any atom is 0.296 e. The van der Waals surface area contributed by atoms with Gasteiger partial charge >= 0.3 is 0 Å². The highest BCUT2D eigenvalue weighted by Crippen LogP contribution is 2.35. The van der Waals surface area contributed by atoms with Gasteiger partial charge in [-0.2, -0.15) is 9.89 Å². The minimum atomic E-state index is -0.512. The zero-order chi connectivity index (χ0) is 20.9. The molecule has 5 atom stereocenters. The largest absolute Gasteiger partial charge is 0.489 e. The van der Waals surface area contributed by atoms with Gasteiger partial charge < -0.3 is 29.2 Å². The lowest BCUT2D eigenvalue weighted by molar-refractivity contribution is 0.0270. The van der Waals surface area contributed by atoms with Crippen LogP contribution in [0.25, 0.3) is 11.2 Å². The summed E-state index contributed by atoms with van der Waals surface area (Å²) in [5, 5.41) is 6.76. The number of nitrogens with zero attached hydrogens (tertiary/aromatic N) is 4. The number of H-pyrrole nitrogens is 1. The predicted molar refractivity (Wildman–Crippen MR) is 108 cm³/mol. The number of hydrogen-bond acceptors (Lipinski definition) is 10. The number of rotatable bonds is 5. The van der Waals surface area contributed by atoms with E-state index in [2.05, 4.69) is 30.4 Å². The number of nitroso groups, excluding NO2 is 1. The molecule has 3 aromatic rings. The second-order valence-corrected chi connectivity index (χ2v) is 7.96. The molecule has 3 aliphatic heterocycles.